The Kier molecular flexibility index (Phi) is 4.83. The zero-order chi connectivity index (χ0) is 15.6. The quantitative estimate of drug-likeness (QED) is 0.897. The second kappa shape index (κ2) is 6.43. The molecule has 6 heteroatoms. The van der Waals surface area contributed by atoms with Gasteiger partial charge in [-0.25, -0.2) is 4.39 Å². The van der Waals surface area contributed by atoms with Crippen molar-refractivity contribution in [2.45, 2.75) is 32.2 Å². The Hall–Kier alpha value is -1.62. The van der Waals surface area contributed by atoms with E-state index in [9.17, 15) is 14.0 Å². The average molecular weight is 314 g/mol. The van der Waals surface area contributed by atoms with Crippen LogP contribution in [0.2, 0.25) is 5.02 Å². The zero-order valence-electron chi connectivity index (χ0n) is 11.6. The minimum absolute atomic E-state index is 0.174. The molecule has 21 heavy (non-hydrogen) atoms. The van der Waals surface area contributed by atoms with Crippen LogP contribution in [0, 0.1) is 17.7 Å². The van der Waals surface area contributed by atoms with Crippen LogP contribution in [0.5, 0.6) is 0 Å². The Balaban J connectivity index is 1.98. The second-order valence-corrected chi connectivity index (χ2v) is 5.85. The molecule has 1 fully saturated rings. The predicted octanol–water partition coefficient (Wildman–Crippen LogP) is 3.16. The van der Waals surface area contributed by atoms with Gasteiger partial charge in [0.2, 0.25) is 5.91 Å². The van der Waals surface area contributed by atoms with Crippen LogP contribution >= 0.6 is 11.6 Å². The van der Waals surface area contributed by atoms with Crippen LogP contribution in [-0.2, 0) is 9.59 Å². The first-order chi connectivity index (χ1) is 9.88. The van der Waals surface area contributed by atoms with Gasteiger partial charge in [-0.05, 0) is 43.9 Å². The van der Waals surface area contributed by atoms with Crippen LogP contribution in [0.25, 0.3) is 0 Å². The van der Waals surface area contributed by atoms with Gasteiger partial charge in [-0.15, -0.1) is 0 Å². The van der Waals surface area contributed by atoms with Crippen LogP contribution in [0.1, 0.15) is 37.8 Å². The highest BCUT2D eigenvalue weighted by atomic mass is 35.5. The highest BCUT2D eigenvalue weighted by molar-refractivity contribution is 6.31. The molecule has 2 N–H and O–H groups in total. The van der Waals surface area contributed by atoms with Gasteiger partial charge in [-0.2, -0.15) is 0 Å². The van der Waals surface area contributed by atoms with Gasteiger partial charge in [0.15, 0.2) is 0 Å². The van der Waals surface area contributed by atoms with Gasteiger partial charge in [0.1, 0.15) is 5.82 Å². The van der Waals surface area contributed by atoms with Crippen LogP contribution < -0.4 is 5.32 Å². The summed E-state index contributed by atoms with van der Waals surface area (Å²) in [5, 5.41) is 12.0. The summed E-state index contributed by atoms with van der Waals surface area (Å²) in [6.07, 6.45) is 1.47. The fraction of sp³-hybridized carbons (Fsp3) is 0.467. The van der Waals surface area contributed by atoms with Gasteiger partial charge in [0, 0.05) is 10.9 Å². The van der Waals surface area contributed by atoms with Crippen LogP contribution in [-0.4, -0.2) is 17.0 Å². The molecular formula is C15H17ClFNO3. The summed E-state index contributed by atoms with van der Waals surface area (Å²) in [6, 6.07) is 3.68. The number of benzene rings is 1. The minimum atomic E-state index is -0.847. The smallest absolute Gasteiger partial charge is 0.306 e. The molecule has 0 heterocycles. The van der Waals surface area contributed by atoms with Crippen molar-refractivity contribution in [3.63, 3.8) is 0 Å². The molecule has 1 saturated carbocycles. The first kappa shape index (κ1) is 15.8. The number of carboxylic acid groups (broad SMARTS) is 1. The maximum atomic E-state index is 13.0. The highest BCUT2D eigenvalue weighted by Gasteiger charge is 2.34. The van der Waals surface area contributed by atoms with Crippen molar-refractivity contribution in [1.29, 1.82) is 0 Å². The van der Waals surface area contributed by atoms with Gasteiger partial charge in [-0.1, -0.05) is 17.7 Å². The lowest BCUT2D eigenvalue weighted by Gasteiger charge is -2.18. The van der Waals surface area contributed by atoms with Crippen molar-refractivity contribution in [3.05, 3.63) is 34.6 Å². The SMILES string of the molecule is CC(NC(=O)[C@@H]1CC[C@H](C(=O)O)C1)c1ccc(F)cc1Cl. The molecule has 114 valence electrons. The highest BCUT2D eigenvalue weighted by Crippen LogP contribution is 2.32. The Labute approximate surface area is 127 Å². The molecule has 0 radical (unpaired) electrons. The number of hydrogen-bond donors (Lipinski definition) is 2. The summed E-state index contributed by atoms with van der Waals surface area (Å²) in [6.45, 7) is 1.76. The first-order valence-corrected chi connectivity index (χ1v) is 7.24. The fourth-order valence-electron chi connectivity index (χ4n) is 2.71. The number of nitrogens with one attached hydrogen (secondary N) is 1. The number of carbonyl (C=O) groups is 2. The van der Waals surface area contributed by atoms with Crippen molar-refractivity contribution in [2.75, 3.05) is 0 Å². The van der Waals surface area contributed by atoms with E-state index in [0.717, 1.165) is 0 Å². The lowest BCUT2D eigenvalue weighted by Crippen LogP contribution is -2.32. The number of aliphatic carboxylic acids is 1. The number of carboxylic acids is 1. The fourth-order valence-corrected chi connectivity index (χ4v) is 3.04. The molecule has 1 aliphatic carbocycles. The van der Waals surface area contributed by atoms with E-state index in [0.29, 0.717) is 24.8 Å². The molecular weight excluding hydrogens is 297 g/mol. The van der Waals surface area contributed by atoms with Crippen LogP contribution in [0.4, 0.5) is 4.39 Å². The number of carbonyl (C=O) groups excluding carboxylic acids is 1. The molecule has 0 saturated heterocycles. The van der Waals surface area contributed by atoms with Crippen molar-refractivity contribution >= 4 is 23.5 Å². The molecule has 1 aliphatic rings. The van der Waals surface area contributed by atoms with Crippen LogP contribution in [0.3, 0.4) is 0 Å². The topological polar surface area (TPSA) is 66.4 Å². The van der Waals surface area contributed by atoms with E-state index in [-0.39, 0.29) is 22.9 Å². The van der Waals surface area contributed by atoms with Crippen molar-refractivity contribution in [2.24, 2.45) is 11.8 Å². The van der Waals surface area contributed by atoms with E-state index in [4.69, 9.17) is 16.7 Å². The third-order valence-corrected chi connectivity index (χ3v) is 4.27. The molecule has 1 unspecified atom stereocenters. The van der Waals surface area contributed by atoms with E-state index < -0.39 is 17.7 Å². The Morgan fingerprint density at radius 3 is 2.62 bits per heavy atom. The third-order valence-electron chi connectivity index (χ3n) is 3.94. The van der Waals surface area contributed by atoms with Gasteiger partial charge < -0.3 is 10.4 Å². The number of hydrogen-bond acceptors (Lipinski definition) is 2. The van der Waals surface area contributed by atoms with Crippen molar-refractivity contribution < 1.29 is 19.1 Å². The Morgan fingerprint density at radius 2 is 2.05 bits per heavy atom. The number of halogens is 2. The maximum absolute atomic E-state index is 13.0. The Morgan fingerprint density at radius 1 is 1.38 bits per heavy atom. The molecule has 1 amide bonds. The summed E-state index contributed by atoms with van der Waals surface area (Å²) >= 11 is 5.96. The zero-order valence-corrected chi connectivity index (χ0v) is 12.4. The molecule has 2 rings (SSSR count). The normalized spacial score (nSPS) is 22.8. The molecule has 0 spiro atoms. The lowest BCUT2D eigenvalue weighted by atomic mass is 10.0. The van der Waals surface area contributed by atoms with Gasteiger partial charge in [-0.3, -0.25) is 9.59 Å². The average Bonchev–Trinajstić information content (AvgIpc) is 2.88. The largest absolute Gasteiger partial charge is 0.481 e. The summed E-state index contributed by atoms with van der Waals surface area (Å²) < 4.78 is 13.0. The van der Waals surface area contributed by atoms with Crippen LogP contribution in [0.15, 0.2) is 18.2 Å². The lowest BCUT2D eigenvalue weighted by molar-refractivity contribution is -0.141. The second-order valence-electron chi connectivity index (χ2n) is 5.44. The summed E-state index contributed by atoms with van der Waals surface area (Å²) in [7, 11) is 0. The third kappa shape index (κ3) is 3.73. The maximum Gasteiger partial charge on any atom is 0.306 e. The molecule has 1 aromatic rings. The molecule has 0 aliphatic heterocycles. The number of amides is 1. The van der Waals surface area contributed by atoms with E-state index in [1.807, 2.05) is 0 Å². The van der Waals surface area contributed by atoms with E-state index in [2.05, 4.69) is 5.32 Å². The molecule has 1 aromatic carbocycles. The molecule has 0 bridgehead atoms. The van der Waals surface area contributed by atoms with Crippen molar-refractivity contribution in [3.8, 4) is 0 Å². The summed E-state index contributed by atoms with van der Waals surface area (Å²) in [5.41, 5.74) is 0.638. The molecule has 0 aromatic heterocycles. The van der Waals surface area contributed by atoms with Gasteiger partial charge in [0.05, 0.1) is 12.0 Å². The Bertz CT molecular complexity index is 564. The van der Waals surface area contributed by atoms with E-state index >= 15 is 0 Å². The summed E-state index contributed by atoms with van der Waals surface area (Å²) in [5.74, 6) is -2.17. The monoisotopic (exact) mass is 313 g/mol. The predicted molar refractivity (Wildman–Crippen MR) is 76.4 cm³/mol. The van der Waals surface area contributed by atoms with Crippen molar-refractivity contribution in [1.82, 2.24) is 5.32 Å². The van der Waals surface area contributed by atoms with Gasteiger partial charge >= 0.3 is 5.97 Å². The summed E-state index contributed by atoms with van der Waals surface area (Å²) in [4.78, 5) is 23.1. The number of rotatable bonds is 4. The first-order valence-electron chi connectivity index (χ1n) is 6.86. The minimum Gasteiger partial charge on any atom is -0.481 e. The molecule has 3 atom stereocenters. The standard InChI is InChI=1S/C15H17ClFNO3/c1-8(12-5-4-11(17)7-13(12)16)18-14(19)9-2-3-10(6-9)15(20)21/h4-5,7-10H,2-3,6H2,1H3,(H,18,19)(H,20,21)/t8?,9-,10+/m1/s1. The van der Waals surface area contributed by atoms with E-state index in [1.165, 1.54) is 18.2 Å². The molecule has 4 nitrogen and oxygen atoms in total. The van der Waals surface area contributed by atoms with Gasteiger partial charge in [0.25, 0.3) is 0 Å². The van der Waals surface area contributed by atoms with E-state index in [1.54, 1.807) is 6.92 Å².